The second-order valence-corrected chi connectivity index (χ2v) is 11.2. The van der Waals surface area contributed by atoms with Gasteiger partial charge in [-0.25, -0.2) is 0 Å². The molecule has 0 saturated heterocycles. The van der Waals surface area contributed by atoms with Crippen LogP contribution in [0.5, 0.6) is 0 Å². The second kappa shape index (κ2) is 3.98. The molecular weight excluding hydrogens is 295 g/mol. The van der Waals surface area contributed by atoms with Crippen LogP contribution < -0.4 is 0 Å². The first-order valence-corrected chi connectivity index (χ1v) is 10.6. The molecule has 0 aliphatic carbocycles. The fourth-order valence-corrected chi connectivity index (χ4v) is 4.18. The summed E-state index contributed by atoms with van der Waals surface area (Å²) in [6.45, 7) is 6.80. The normalized spacial score (nSPS) is 19.7. The minimum absolute atomic E-state index is 0.0360. The molecule has 0 bridgehead atoms. The molecule has 66 valence electrons. The van der Waals surface area contributed by atoms with E-state index in [1.54, 1.807) is 0 Å². The van der Waals surface area contributed by atoms with Gasteiger partial charge in [0.05, 0.1) is 0 Å². The Labute approximate surface area is 89.8 Å². The third-order valence-corrected chi connectivity index (χ3v) is 5.60. The summed E-state index contributed by atoms with van der Waals surface area (Å²) >= 11 is 3.55. The van der Waals surface area contributed by atoms with Crippen LogP contribution in [0.15, 0.2) is 20.0 Å². The maximum atomic E-state index is 3.51. The molecule has 0 amide bonds. The molecule has 1 heterocycles. The first-order valence-electron chi connectivity index (χ1n) is 3.84. The van der Waals surface area contributed by atoms with Gasteiger partial charge in [0.25, 0.3) is 0 Å². The monoisotopic (exact) mass is 308 g/mol. The van der Waals surface area contributed by atoms with Crippen LogP contribution in [0.4, 0.5) is 0 Å². The van der Waals surface area contributed by atoms with E-state index in [1.807, 2.05) is 0 Å². The molecule has 0 N–H and O–H groups in total. The van der Waals surface area contributed by atoms with Gasteiger partial charge in [0.2, 0.25) is 0 Å². The molecule has 0 saturated carbocycles. The number of halogens is 1. The van der Waals surface area contributed by atoms with Gasteiger partial charge in [-0.1, -0.05) is 0 Å². The maximum absolute atomic E-state index is 3.51. The zero-order valence-corrected chi connectivity index (χ0v) is 12.2. The number of hydrogen-bond donors (Lipinski definition) is 0. The molecule has 0 aromatic rings. The average Bonchev–Trinajstić information content (AvgIpc) is 2.29. The van der Waals surface area contributed by atoms with Crippen molar-refractivity contribution < 1.29 is 0 Å². The van der Waals surface area contributed by atoms with Crippen molar-refractivity contribution in [2.24, 2.45) is 0 Å². The first-order chi connectivity index (χ1) is 5.49. The van der Waals surface area contributed by atoms with E-state index < -0.39 is 8.07 Å². The minimum atomic E-state index is -1.19. The zero-order valence-electron chi connectivity index (χ0n) is 7.53. The summed E-state index contributed by atoms with van der Waals surface area (Å²) in [6, 6.07) is 0. The molecular formula is C9H13BrSeSi. The van der Waals surface area contributed by atoms with Crippen molar-refractivity contribution in [3.05, 3.63) is 20.0 Å². The molecule has 0 aromatic carbocycles. The van der Waals surface area contributed by atoms with Crippen molar-refractivity contribution in [3.8, 4) is 11.5 Å². The van der Waals surface area contributed by atoms with E-state index >= 15 is 0 Å². The predicted octanol–water partition coefficient (Wildman–Crippen LogP) is 2.17. The fraction of sp³-hybridized carbons (Fsp3) is 0.333. The van der Waals surface area contributed by atoms with E-state index in [0.29, 0.717) is 0 Å². The Bertz CT molecular complexity index is 299. The number of allylic oxidation sites excluding steroid dienone is 2. The van der Waals surface area contributed by atoms with E-state index in [4.69, 9.17) is 0 Å². The van der Waals surface area contributed by atoms with Gasteiger partial charge in [0, 0.05) is 0 Å². The van der Waals surface area contributed by atoms with Crippen LogP contribution in [0.1, 0.15) is 0 Å². The van der Waals surface area contributed by atoms with E-state index in [1.165, 1.54) is 10.1 Å². The van der Waals surface area contributed by atoms with Crippen molar-refractivity contribution in [3.63, 3.8) is 0 Å². The Morgan fingerprint density at radius 2 is 2.00 bits per heavy atom. The summed E-state index contributed by atoms with van der Waals surface area (Å²) in [5.41, 5.74) is 4.58. The average molecular weight is 308 g/mol. The quantitative estimate of drug-likeness (QED) is 0.475. The van der Waals surface area contributed by atoms with Crippen molar-refractivity contribution in [1.82, 2.24) is 0 Å². The topological polar surface area (TPSA) is 0 Å². The molecule has 1 rings (SSSR count). The summed E-state index contributed by atoms with van der Waals surface area (Å²) in [4.78, 5) is 4.56. The molecule has 1 aliphatic rings. The van der Waals surface area contributed by atoms with Crippen LogP contribution in [-0.2, 0) is 0 Å². The Balaban J connectivity index is 2.74. The summed E-state index contributed by atoms with van der Waals surface area (Å²) < 4.78 is 1.22. The Morgan fingerprint density at radius 3 is 2.42 bits per heavy atom. The first kappa shape index (κ1) is 10.3. The van der Waals surface area contributed by atoms with Gasteiger partial charge in [-0.05, 0) is 0 Å². The molecule has 1 aliphatic heterocycles. The van der Waals surface area contributed by atoms with Crippen LogP contribution in [0.3, 0.4) is 0 Å². The van der Waals surface area contributed by atoms with Crippen molar-refractivity contribution in [2.45, 2.75) is 19.6 Å². The van der Waals surface area contributed by atoms with Gasteiger partial charge >= 0.3 is 90.1 Å². The van der Waals surface area contributed by atoms with Gasteiger partial charge in [-0.15, -0.1) is 0 Å². The summed E-state index contributed by atoms with van der Waals surface area (Å²) in [5.74, 6) is 3.26. The third kappa shape index (κ3) is 3.33. The zero-order chi connectivity index (χ0) is 9.19. The van der Waals surface area contributed by atoms with Gasteiger partial charge in [0.15, 0.2) is 0 Å². The van der Waals surface area contributed by atoms with E-state index in [0.717, 1.165) is 0 Å². The molecule has 0 spiro atoms. The summed E-state index contributed by atoms with van der Waals surface area (Å²) in [5, 5.41) is 0. The molecule has 0 unspecified atom stereocenters. The fourth-order valence-electron chi connectivity index (χ4n) is 0.695. The van der Waals surface area contributed by atoms with Crippen LogP contribution in [0, 0.1) is 11.5 Å². The van der Waals surface area contributed by atoms with Crippen LogP contribution >= 0.6 is 15.9 Å². The third-order valence-electron chi connectivity index (χ3n) is 1.27. The van der Waals surface area contributed by atoms with Crippen LogP contribution in [-0.4, -0.2) is 23.0 Å². The molecule has 0 fully saturated rings. The van der Waals surface area contributed by atoms with E-state index in [9.17, 15) is 0 Å². The molecule has 0 aromatic heterocycles. The Kier molecular flexibility index (Phi) is 3.43. The predicted molar refractivity (Wildman–Crippen MR) is 64.8 cm³/mol. The van der Waals surface area contributed by atoms with Crippen molar-refractivity contribution in [1.29, 1.82) is 0 Å². The van der Waals surface area contributed by atoms with Crippen molar-refractivity contribution in [2.75, 3.05) is 0 Å². The summed E-state index contributed by atoms with van der Waals surface area (Å²) in [6.07, 6.45) is 0. The van der Waals surface area contributed by atoms with Crippen molar-refractivity contribution >= 4 is 39.0 Å². The Morgan fingerprint density at radius 1 is 1.33 bits per heavy atom. The van der Waals surface area contributed by atoms with E-state index in [-0.39, 0.29) is 15.0 Å². The standard InChI is InChI=1S/C9H13BrSeSi/c1-12(2,3)5-4-8-6-11-7-9(8)10/h6-7H,11H2,1-3H3. The molecule has 3 heteroatoms. The molecule has 0 nitrogen and oxygen atoms in total. The van der Waals surface area contributed by atoms with Gasteiger partial charge in [-0.2, -0.15) is 0 Å². The van der Waals surface area contributed by atoms with E-state index in [2.05, 4.69) is 57.0 Å². The Hall–Kier alpha value is 0.256. The van der Waals surface area contributed by atoms with Gasteiger partial charge in [-0.3, -0.25) is 0 Å². The molecule has 0 atom stereocenters. The van der Waals surface area contributed by atoms with Gasteiger partial charge in [0.1, 0.15) is 0 Å². The van der Waals surface area contributed by atoms with Crippen LogP contribution in [0.2, 0.25) is 19.6 Å². The number of hydrogen-bond acceptors (Lipinski definition) is 0. The number of rotatable bonds is 0. The second-order valence-electron chi connectivity index (χ2n) is 3.72. The SMILES string of the molecule is C[Si](C)(C)C#CC1=C[SeH2]C=C1Br. The molecule has 12 heavy (non-hydrogen) atoms. The summed E-state index contributed by atoms with van der Waals surface area (Å²) in [7, 11) is -1.19. The molecule has 0 radical (unpaired) electrons. The van der Waals surface area contributed by atoms with Crippen LogP contribution in [0.25, 0.3) is 0 Å². The van der Waals surface area contributed by atoms with Gasteiger partial charge < -0.3 is 0 Å².